The standard InChI is InChI=1S/C18H37N5O9.C13H11I2N3/c19-3-9-8(25)2-7(22)17(29-9)31-15-5(20)1-6(21)16(14(15)28)32-18-13(27)11(23)12(26)10(4-24)30-18;14-9-5-1-3-7-11(9)17-13(16)18-12-8-4-2-6-10(12)15/h5-18,24-28H,1-4,19-23H2;1-8H,(H3,16,17,18)/t5-,6+,7+,8-,9+,10+,11-,12+,13+,14-,15+,16-,17+,18+;/m0./s1. The first kappa shape index (κ1) is 41.4. The molecular formula is C31H48I2N8O9. The number of anilines is 1. The van der Waals surface area contributed by atoms with Crippen LogP contribution >= 0.6 is 45.2 Å². The van der Waals surface area contributed by atoms with E-state index in [-0.39, 0.29) is 19.4 Å². The summed E-state index contributed by atoms with van der Waals surface area (Å²) in [6.07, 6.45) is -10.8. The Morgan fingerprint density at radius 1 is 0.780 bits per heavy atom. The molecule has 2 aromatic rings. The number of nitrogens with two attached hydrogens (primary N) is 6. The molecule has 2 heterocycles. The summed E-state index contributed by atoms with van der Waals surface area (Å²) in [4.78, 5) is 4.37. The minimum atomic E-state index is -1.44. The van der Waals surface area contributed by atoms with Gasteiger partial charge in [-0.3, -0.25) is 0 Å². The van der Waals surface area contributed by atoms with Gasteiger partial charge in [-0.05, 0) is 82.3 Å². The zero-order chi connectivity index (χ0) is 36.7. The minimum absolute atomic E-state index is 0.0542. The molecule has 0 amide bonds. The number of ether oxygens (including phenoxy) is 4. The second kappa shape index (κ2) is 19.1. The van der Waals surface area contributed by atoms with E-state index in [0.717, 1.165) is 18.5 Å². The number of para-hydroxylation sites is 2. The molecule has 2 saturated heterocycles. The maximum absolute atomic E-state index is 11.0. The number of hydrogen-bond donors (Lipinski definition) is 12. The van der Waals surface area contributed by atoms with Crippen molar-refractivity contribution in [2.45, 2.75) is 98.4 Å². The maximum Gasteiger partial charge on any atom is 0.198 e. The molecule has 18 N–H and O–H groups in total. The highest BCUT2D eigenvalue weighted by atomic mass is 127. The zero-order valence-electron chi connectivity index (χ0n) is 27.1. The topological polar surface area (TPSA) is 319 Å². The van der Waals surface area contributed by atoms with E-state index in [1.54, 1.807) is 0 Å². The lowest BCUT2D eigenvalue weighted by atomic mass is 9.84. The van der Waals surface area contributed by atoms with Crippen LogP contribution in [0.4, 0.5) is 11.4 Å². The van der Waals surface area contributed by atoms with E-state index in [1.807, 2.05) is 48.5 Å². The molecule has 3 aliphatic rings. The van der Waals surface area contributed by atoms with Crippen molar-refractivity contribution in [2.24, 2.45) is 39.4 Å². The third-order valence-corrected chi connectivity index (χ3v) is 10.5. The fourth-order valence-electron chi connectivity index (χ4n) is 5.83. The molecule has 0 aromatic heterocycles. The average Bonchev–Trinajstić information content (AvgIpc) is 3.08. The van der Waals surface area contributed by atoms with E-state index in [2.05, 4.69) is 55.5 Å². The molecule has 0 unspecified atom stereocenters. The van der Waals surface area contributed by atoms with Gasteiger partial charge in [0.2, 0.25) is 0 Å². The summed E-state index contributed by atoms with van der Waals surface area (Å²) in [6, 6.07) is 12.5. The van der Waals surface area contributed by atoms with Gasteiger partial charge in [-0.15, -0.1) is 0 Å². The maximum atomic E-state index is 11.0. The van der Waals surface area contributed by atoms with Gasteiger partial charge in [0.25, 0.3) is 0 Å². The Labute approximate surface area is 317 Å². The van der Waals surface area contributed by atoms with E-state index < -0.39 is 92.2 Å². The second-order valence-corrected chi connectivity index (χ2v) is 14.7. The Balaban J connectivity index is 0.000000263. The van der Waals surface area contributed by atoms with Gasteiger partial charge in [-0.2, -0.15) is 0 Å². The molecule has 1 aliphatic carbocycles. The summed E-state index contributed by atoms with van der Waals surface area (Å²) >= 11 is 4.50. The van der Waals surface area contributed by atoms with E-state index in [1.165, 1.54) is 0 Å². The fraction of sp³-hybridized carbons (Fsp3) is 0.581. The number of aliphatic hydroxyl groups is 5. The van der Waals surface area contributed by atoms with Crippen molar-refractivity contribution >= 4 is 62.5 Å². The van der Waals surface area contributed by atoms with Crippen molar-refractivity contribution in [3.05, 3.63) is 55.7 Å². The number of hydrogen-bond acceptors (Lipinski definition) is 15. The third-order valence-electron chi connectivity index (χ3n) is 8.64. The molecule has 2 aromatic carbocycles. The Bertz CT molecular complexity index is 1400. The lowest BCUT2D eigenvalue weighted by Gasteiger charge is -2.47. The Hall–Kier alpha value is -1.39. The molecular weight excluding hydrogens is 882 g/mol. The van der Waals surface area contributed by atoms with Crippen molar-refractivity contribution in [3.63, 3.8) is 0 Å². The highest BCUT2D eigenvalue weighted by Gasteiger charge is 2.50. The first-order valence-electron chi connectivity index (χ1n) is 16.0. The highest BCUT2D eigenvalue weighted by molar-refractivity contribution is 14.1. The van der Waals surface area contributed by atoms with E-state index in [9.17, 15) is 25.5 Å². The van der Waals surface area contributed by atoms with Crippen LogP contribution in [0.1, 0.15) is 12.8 Å². The molecule has 5 rings (SSSR count). The Kier molecular flexibility index (Phi) is 15.8. The zero-order valence-corrected chi connectivity index (χ0v) is 31.4. The average molecular weight is 931 g/mol. The fourth-order valence-corrected chi connectivity index (χ4v) is 6.86. The predicted octanol–water partition coefficient (Wildman–Crippen LogP) is -2.34. The van der Waals surface area contributed by atoms with Gasteiger partial charge < -0.3 is 84.2 Å². The summed E-state index contributed by atoms with van der Waals surface area (Å²) in [5, 5.41) is 53.8. The van der Waals surface area contributed by atoms with Gasteiger partial charge in [-0.25, -0.2) is 4.99 Å². The number of aliphatic imine (C=N–C) groups is 1. The van der Waals surface area contributed by atoms with Crippen LogP contribution in [-0.4, -0.2) is 130 Å². The number of benzene rings is 2. The lowest BCUT2D eigenvalue weighted by Crippen LogP contribution is -2.68. The lowest BCUT2D eigenvalue weighted by molar-refractivity contribution is -0.314. The van der Waals surface area contributed by atoms with Crippen molar-refractivity contribution in [1.29, 1.82) is 0 Å². The number of aliphatic hydroxyl groups excluding tert-OH is 5. The summed E-state index contributed by atoms with van der Waals surface area (Å²) in [5.74, 6) is 0.392. The van der Waals surface area contributed by atoms with Gasteiger partial charge in [0, 0.05) is 25.8 Å². The molecule has 50 heavy (non-hydrogen) atoms. The van der Waals surface area contributed by atoms with Crippen molar-refractivity contribution in [2.75, 3.05) is 18.5 Å². The number of rotatable bonds is 8. The summed E-state index contributed by atoms with van der Waals surface area (Å²) in [7, 11) is 0. The molecule has 19 heteroatoms. The van der Waals surface area contributed by atoms with Crippen LogP contribution in [0.25, 0.3) is 0 Å². The van der Waals surface area contributed by atoms with Gasteiger partial charge in [-0.1, -0.05) is 24.3 Å². The van der Waals surface area contributed by atoms with Crippen LogP contribution in [0, 0.1) is 7.14 Å². The highest BCUT2D eigenvalue weighted by Crippen LogP contribution is 2.31. The monoisotopic (exact) mass is 930 g/mol. The van der Waals surface area contributed by atoms with Crippen LogP contribution < -0.4 is 39.7 Å². The van der Waals surface area contributed by atoms with Gasteiger partial charge in [0.1, 0.15) is 36.6 Å². The third kappa shape index (κ3) is 10.4. The summed E-state index contributed by atoms with van der Waals surface area (Å²) < 4.78 is 24.9. The van der Waals surface area contributed by atoms with Crippen LogP contribution in [0.5, 0.6) is 0 Å². The Morgan fingerprint density at radius 3 is 1.96 bits per heavy atom. The normalized spacial score (nSPS) is 37.8. The quantitative estimate of drug-likeness (QED) is 0.0750. The first-order chi connectivity index (χ1) is 23.7. The second-order valence-electron chi connectivity index (χ2n) is 12.3. The summed E-state index contributed by atoms with van der Waals surface area (Å²) in [5.41, 5.74) is 37.5. The molecule has 0 radical (unpaired) electrons. The van der Waals surface area contributed by atoms with Crippen LogP contribution in [0.15, 0.2) is 53.5 Å². The number of guanidine groups is 1. The molecule has 14 atom stereocenters. The smallest absolute Gasteiger partial charge is 0.198 e. The van der Waals surface area contributed by atoms with Gasteiger partial charge >= 0.3 is 0 Å². The molecule has 17 nitrogen and oxygen atoms in total. The molecule has 1 saturated carbocycles. The SMILES string of the molecule is NC(=Nc1ccccc1I)Nc1ccccc1I.NC[C@H]1O[C@H](O[C@H]2[C@H](O)[C@@H](O[C@H]3O[C@H](CO)[C@@H](O)[C@H](N)[C@H]3O)[C@H](N)C[C@@H]2N)[C@H](N)C[C@@H]1O. The number of nitrogens with one attached hydrogen (secondary N) is 1. The molecule has 0 bridgehead atoms. The van der Waals surface area contributed by atoms with E-state index >= 15 is 0 Å². The van der Waals surface area contributed by atoms with Crippen LogP contribution in [-0.2, 0) is 18.9 Å². The van der Waals surface area contributed by atoms with E-state index in [0.29, 0.717) is 5.96 Å². The minimum Gasteiger partial charge on any atom is -0.394 e. The summed E-state index contributed by atoms with van der Waals surface area (Å²) in [6.45, 7) is -0.499. The first-order valence-corrected chi connectivity index (χ1v) is 18.2. The van der Waals surface area contributed by atoms with Gasteiger partial charge in [0.05, 0.1) is 42.3 Å². The molecule has 280 valence electrons. The largest absolute Gasteiger partial charge is 0.394 e. The molecule has 0 spiro atoms. The number of halogens is 2. The van der Waals surface area contributed by atoms with Crippen molar-refractivity contribution in [1.82, 2.24) is 0 Å². The molecule has 3 fully saturated rings. The predicted molar refractivity (Wildman–Crippen MR) is 202 cm³/mol. The Morgan fingerprint density at radius 2 is 1.36 bits per heavy atom. The van der Waals surface area contributed by atoms with E-state index in [4.69, 9.17) is 53.3 Å². The van der Waals surface area contributed by atoms with Crippen LogP contribution in [0.2, 0.25) is 0 Å². The van der Waals surface area contributed by atoms with Crippen LogP contribution in [0.3, 0.4) is 0 Å². The molecule has 2 aliphatic heterocycles. The van der Waals surface area contributed by atoms with Crippen molar-refractivity contribution < 1.29 is 44.5 Å². The van der Waals surface area contributed by atoms with Gasteiger partial charge in [0.15, 0.2) is 18.5 Å². The number of nitrogens with zero attached hydrogens (tertiary/aromatic N) is 1. The van der Waals surface area contributed by atoms with Crippen molar-refractivity contribution in [3.8, 4) is 0 Å².